The van der Waals surface area contributed by atoms with Crippen LogP contribution in [-0.4, -0.2) is 14.5 Å². The molecule has 8 heteroatoms. The highest BCUT2D eigenvalue weighted by molar-refractivity contribution is 5.85. The van der Waals surface area contributed by atoms with Gasteiger partial charge in [-0.25, -0.2) is 0 Å². The first-order chi connectivity index (χ1) is 14.9. The molecule has 0 amide bonds. The lowest BCUT2D eigenvalue weighted by Gasteiger charge is -2.22. The molecule has 0 unspecified atom stereocenters. The van der Waals surface area contributed by atoms with Crippen molar-refractivity contribution < 1.29 is 0 Å². The van der Waals surface area contributed by atoms with Crippen molar-refractivity contribution in [1.82, 2.24) is 14.5 Å². The third kappa shape index (κ3) is 3.53. The quantitative estimate of drug-likeness (QED) is 0.469. The highest BCUT2D eigenvalue weighted by Crippen LogP contribution is 2.27. The second-order valence-electron chi connectivity index (χ2n) is 7.25. The fourth-order valence-electron chi connectivity index (χ4n) is 3.71. The summed E-state index contributed by atoms with van der Waals surface area (Å²) in [6, 6.07) is 18.7. The van der Waals surface area contributed by atoms with Crippen molar-refractivity contribution in [1.29, 1.82) is 5.26 Å². The number of hydrogen-bond donors (Lipinski definition) is 3. The average molecular weight is 411 g/mol. The van der Waals surface area contributed by atoms with Crippen molar-refractivity contribution in [3.05, 3.63) is 81.8 Å². The standard InChI is InChI=1S/C23H21N7O/c1-13-7-6-8-15-11-18(30(22(31)19(13)15)16-9-4-3-5-10-16)14(2)27-21-17(12-24)20(25)28-23(26)29-21/h3-11,14H,1-2H3,(H5,25,26,27,28,29)/t14-/m0/s1. The van der Waals surface area contributed by atoms with Gasteiger partial charge in [0.05, 0.1) is 11.4 Å². The van der Waals surface area contributed by atoms with E-state index < -0.39 is 6.04 Å². The number of aryl methyl sites for hydroxylation is 1. The normalized spacial score (nSPS) is 11.8. The molecule has 0 aliphatic carbocycles. The number of fused-ring (bicyclic) bond motifs is 1. The Morgan fingerprint density at radius 3 is 2.55 bits per heavy atom. The van der Waals surface area contributed by atoms with Gasteiger partial charge in [0.1, 0.15) is 17.5 Å². The molecule has 2 aromatic carbocycles. The van der Waals surface area contributed by atoms with Crippen LogP contribution in [-0.2, 0) is 0 Å². The lowest BCUT2D eigenvalue weighted by Crippen LogP contribution is -2.26. The van der Waals surface area contributed by atoms with Gasteiger partial charge in [-0.3, -0.25) is 9.36 Å². The van der Waals surface area contributed by atoms with Gasteiger partial charge in [-0.05, 0) is 43.0 Å². The Balaban J connectivity index is 1.94. The zero-order valence-corrected chi connectivity index (χ0v) is 17.1. The van der Waals surface area contributed by atoms with Crippen molar-refractivity contribution in [2.75, 3.05) is 16.8 Å². The van der Waals surface area contributed by atoms with Crippen molar-refractivity contribution in [3.63, 3.8) is 0 Å². The van der Waals surface area contributed by atoms with Gasteiger partial charge >= 0.3 is 0 Å². The largest absolute Gasteiger partial charge is 0.382 e. The van der Waals surface area contributed by atoms with Gasteiger partial charge in [0.25, 0.3) is 5.56 Å². The number of anilines is 3. The fourth-order valence-corrected chi connectivity index (χ4v) is 3.71. The lowest BCUT2D eigenvalue weighted by molar-refractivity contribution is 0.772. The Bertz CT molecular complexity index is 1390. The summed E-state index contributed by atoms with van der Waals surface area (Å²) in [5.41, 5.74) is 13.9. The maximum absolute atomic E-state index is 13.6. The molecule has 5 N–H and O–H groups in total. The molecule has 4 aromatic rings. The number of para-hydroxylation sites is 1. The van der Waals surface area contributed by atoms with Crippen LogP contribution in [0.3, 0.4) is 0 Å². The molecule has 0 aliphatic heterocycles. The summed E-state index contributed by atoms with van der Waals surface area (Å²) in [4.78, 5) is 21.6. The molecule has 0 radical (unpaired) electrons. The van der Waals surface area contributed by atoms with Crippen molar-refractivity contribution >= 4 is 28.4 Å². The van der Waals surface area contributed by atoms with Gasteiger partial charge in [-0.15, -0.1) is 0 Å². The first-order valence-corrected chi connectivity index (χ1v) is 9.71. The maximum Gasteiger partial charge on any atom is 0.263 e. The Hall–Kier alpha value is -4.38. The number of nitrogens with zero attached hydrogens (tertiary/aromatic N) is 4. The number of pyridine rings is 1. The predicted octanol–water partition coefficient (Wildman–Crippen LogP) is 3.30. The van der Waals surface area contributed by atoms with Gasteiger partial charge < -0.3 is 16.8 Å². The molecule has 31 heavy (non-hydrogen) atoms. The van der Waals surface area contributed by atoms with Gasteiger partial charge in [0, 0.05) is 11.4 Å². The van der Waals surface area contributed by atoms with Crippen LogP contribution < -0.4 is 22.3 Å². The third-order valence-corrected chi connectivity index (χ3v) is 5.16. The number of nitrogens with two attached hydrogens (primary N) is 2. The van der Waals surface area contributed by atoms with Crippen LogP contribution >= 0.6 is 0 Å². The second kappa shape index (κ2) is 7.80. The van der Waals surface area contributed by atoms with Crippen LogP contribution in [0.5, 0.6) is 0 Å². The van der Waals surface area contributed by atoms with E-state index in [1.54, 1.807) is 4.57 Å². The van der Waals surface area contributed by atoms with Gasteiger partial charge in [0.15, 0.2) is 5.82 Å². The first-order valence-electron chi connectivity index (χ1n) is 9.71. The molecule has 0 saturated carbocycles. The van der Waals surface area contributed by atoms with Crippen molar-refractivity contribution in [2.45, 2.75) is 19.9 Å². The maximum atomic E-state index is 13.6. The minimum absolute atomic E-state index is 0.000661. The minimum Gasteiger partial charge on any atom is -0.382 e. The summed E-state index contributed by atoms with van der Waals surface area (Å²) in [6.07, 6.45) is 0. The summed E-state index contributed by atoms with van der Waals surface area (Å²) in [6.45, 7) is 3.80. The number of rotatable bonds is 4. The van der Waals surface area contributed by atoms with Crippen LogP contribution in [0.1, 0.15) is 29.8 Å². The molecule has 4 rings (SSSR count). The molecule has 1 atom stereocenters. The van der Waals surface area contributed by atoms with Crippen molar-refractivity contribution in [2.24, 2.45) is 0 Å². The minimum atomic E-state index is -0.404. The van der Waals surface area contributed by atoms with Crippen LogP contribution in [0.25, 0.3) is 16.5 Å². The van der Waals surface area contributed by atoms with E-state index in [4.69, 9.17) is 11.5 Å². The van der Waals surface area contributed by atoms with E-state index in [2.05, 4.69) is 15.3 Å². The summed E-state index contributed by atoms with van der Waals surface area (Å²) in [5.74, 6) is 0.177. The lowest BCUT2D eigenvalue weighted by atomic mass is 10.0. The number of nitriles is 1. The summed E-state index contributed by atoms with van der Waals surface area (Å²) < 4.78 is 1.67. The molecule has 0 aliphatic rings. The fraction of sp³-hybridized carbons (Fsp3) is 0.130. The van der Waals surface area contributed by atoms with E-state index in [1.165, 1.54) is 0 Å². The molecular formula is C23H21N7O. The average Bonchev–Trinajstić information content (AvgIpc) is 2.74. The number of aromatic nitrogens is 3. The molecular weight excluding hydrogens is 390 g/mol. The Labute approximate surface area is 178 Å². The Morgan fingerprint density at radius 1 is 1.10 bits per heavy atom. The summed E-state index contributed by atoms with van der Waals surface area (Å²) in [7, 11) is 0. The second-order valence-corrected chi connectivity index (χ2v) is 7.25. The van der Waals surface area contributed by atoms with E-state index in [-0.39, 0.29) is 28.7 Å². The molecule has 2 heterocycles. The highest BCUT2D eigenvalue weighted by Gasteiger charge is 2.20. The number of benzene rings is 2. The van der Waals surface area contributed by atoms with E-state index >= 15 is 0 Å². The molecule has 0 fully saturated rings. The van der Waals surface area contributed by atoms with E-state index in [0.29, 0.717) is 11.1 Å². The molecule has 154 valence electrons. The first kappa shape index (κ1) is 19.9. The SMILES string of the molecule is Cc1cccc2cc([C@H](C)Nc3nc(N)nc(N)c3C#N)n(-c3ccccc3)c(=O)c12. The predicted molar refractivity (Wildman–Crippen MR) is 122 cm³/mol. The van der Waals surface area contributed by atoms with Crippen molar-refractivity contribution in [3.8, 4) is 11.8 Å². The number of nitrogens with one attached hydrogen (secondary N) is 1. The van der Waals surface area contributed by atoms with Crippen LogP contribution in [0, 0.1) is 18.3 Å². The summed E-state index contributed by atoms with van der Waals surface area (Å²) in [5, 5.41) is 14.2. The van der Waals surface area contributed by atoms with E-state index in [1.807, 2.05) is 74.5 Å². The molecule has 0 bridgehead atoms. The Morgan fingerprint density at radius 2 is 1.84 bits per heavy atom. The van der Waals surface area contributed by atoms with E-state index in [9.17, 15) is 10.1 Å². The van der Waals surface area contributed by atoms with Gasteiger partial charge in [-0.2, -0.15) is 15.2 Å². The zero-order valence-electron chi connectivity index (χ0n) is 17.1. The topological polar surface area (TPSA) is 136 Å². The van der Waals surface area contributed by atoms with Crippen LogP contribution in [0.4, 0.5) is 17.6 Å². The highest BCUT2D eigenvalue weighted by atomic mass is 16.1. The molecule has 0 saturated heterocycles. The number of hydrogen-bond acceptors (Lipinski definition) is 7. The Kier molecular flexibility index (Phi) is 5.01. The molecule has 2 aromatic heterocycles. The molecule has 0 spiro atoms. The van der Waals surface area contributed by atoms with Gasteiger partial charge in [-0.1, -0.05) is 36.4 Å². The van der Waals surface area contributed by atoms with Gasteiger partial charge in [0.2, 0.25) is 5.95 Å². The smallest absolute Gasteiger partial charge is 0.263 e. The van der Waals surface area contributed by atoms with Crippen LogP contribution in [0.2, 0.25) is 0 Å². The summed E-state index contributed by atoms with van der Waals surface area (Å²) >= 11 is 0. The zero-order chi connectivity index (χ0) is 22.1. The monoisotopic (exact) mass is 411 g/mol. The molecule has 8 nitrogen and oxygen atoms in total. The number of nitrogen functional groups attached to an aromatic ring is 2. The third-order valence-electron chi connectivity index (χ3n) is 5.16. The van der Waals surface area contributed by atoms with Crippen LogP contribution in [0.15, 0.2) is 59.4 Å². The van der Waals surface area contributed by atoms with E-state index in [0.717, 1.165) is 16.6 Å².